The highest BCUT2D eigenvalue weighted by Crippen LogP contribution is 2.27. The van der Waals surface area contributed by atoms with Crippen molar-refractivity contribution < 1.29 is 0 Å². The van der Waals surface area contributed by atoms with Crippen molar-refractivity contribution in [2.75, 3.05) is 6.54 Å². The largest absolute Gasteiger partial charge is 0.330 e. The molecule has 2 aromatic rings. The third-order valence-corrected chi connectivity index (χ3v) is 3.90. The summed E-state index contributed by atoms with van der Waals surface area (Å²) in [6.07, 6.45) is 0.970. The average molecular weight is 252 g/mol. The minimum Gasteiger partial charge on any atom is -0.330 e. The molecule has 0 amide bonds. The van der Waals surface area contributed by atoms with Crippen LogP contribution in [-0.2, 0) is 6.42 Å². The standard InChI is InChI=1S/C13H14ClNS/c14-13-6-2-1-5-12(13)10(9-15)8-11-4-3-7-16-11/h1-7,10H,8-9,15H2. The summed E-state index contributed by atoms with van der Waals surface area (Å²) in [6, 6.07) is 12.2. The van der Waals surface area contributed by atoms with Gasteiger partial charge in [-0.2, -0.15) is 0 Å². The highest BCUT2D eigenvalue weighted by Gasteiger charge is 2.13. The Morgan fingerprint density at radius 3 is 2.62 bits per heavy atom. The van der Waals surface area contributed by atoms with Crippen LogP contribution in [0.15, 0.2) is 41.8 Å². The van der Waals surface area contributed by atoms with Crippen LogP contribution in [0.5, 0.6) is 0 Å². The molecule has 0 fully saturated rings. The van der Waals surface area contributed by atoms with E-state index in [4.69, 9.17) is 17.3 Å². The van der Waals surface area contributed by atoms with Crippen molar-refractivity contribution in [3.05, 3.63) is 57.2 Å². The number of halogens is 1. The summed E-state index contributed by atoms with van der Waals surface area (Å²) in [5.74, 6) is 0.312. The minimum absolute atomic E-state index is 0.312. The van der Waals surface area contributed by atoms with E-state index < -0.39 is 0 Å². The molecule has 1 atom stereocenters. The molecule has 1 nitrogen and oxygen atoms in total. The van der Waals surface area contributed by atoms with Gasteiger partial charge in [-0.15, -0.1) is 11.3 Å². The Hall–Kier alpha value is -0.830. The Kier molecular flexibility index (Phi) is 3.99. The van der Waals surface area contributed by atoms with Crippen LogP contribution in [0.2, 0.25) is 5.02 Å². The van der Waals surface area contributed by atoms with Crippen LogP contribution in [-0.4, -0.2) is 6.54 Å². The molecular formula is C13H14ClNS. The third-order valence-electron chi connectivity index (χ3n) is 2.66. The molecule has 84 valence electrons. The lowest BCUT2D eigenvalue weighted by Crippen LogP contribution is -2.14. The normalized spacial score (nSPS) is 12.6. The van der Waals surface area contributed by atoms with E-state index in [0.29, 0.717) is 12.5 Å². The van der Waals surface area contributed by atoms with E-state index in [0.717, 1.165) is 17.0 Å². The van der Waals surface area contributed by atoms with E-state index in [1.54, 1.807) is 11.3 Å². The fourth-order valence-corrected chi connectivity index (χ4v) is 2.87. The molecule has 16 heavy (non-hydrogen) atoms. The third kappa shape index (κ3) is 2.64. The maximum Gasteiger partial charge on any atom is 0.0441 e. The summed E-state index contributed by atoms with van der Waals surface area (Å²) in [6.45, 7) is 0.627. The predicted octanol–water partition coefficient (Wildman–Crippen LogP) is 3.69. The zero-order valence-corrected chi connectivity index (χ0v) is 10.5. The Labute approximate surface area is 105 Å². The van der Waals surface area contributed by atoms with Gasteiger partial charge in [0.05, 0.1) is 0 Å². The van der Waals surface area contributed by atoms with Crippen molar-refractivity contribution in [3.8, 4) is 0 Å². The van der Waals surface area contributed by atoms with Crippen LogP contribution in [0.25, 0.3) is 0 Å². The highest BCUT2D eigenvalue weighted by molar-refractivity contribution is 7.09. The van der Waals surface area contributed by atoms with Crippen LogP contribution < -0.4 is 5.73 Å². The molecule has 1 unspecified atom stereocenters. The van der Waals surface area contributed by atoms with Gasteiger partial charge in [-0.1, -0.05) is 35.9 Å². The molecule has 0 bridgehead atoms. The average Bonchev–Trinajstić information content (AvgIpc) is 2.80. The van der Waals surface area contributed by atoms with Crippen molar-refractivity contribution >= 4 is 22.9 Å². The van der Waals surface area contributed by atoms with E-state index in [-0.39, 0.29) is 0 Å². The van der Waals surface area contributed by atoms with Gasteiger partial charge in [0.15, 0.2) is 0 Å². The van der Waals surface area contributed by atoms with Crippen molar-refractivity contribution in [2.45, 2.75) is 12.3 Å². The SMILES string of the molecule is NCC(Cc1cccs1)c1ccccc1Cl. The number of benzene rings is 1. The summed E-state index contributed by atoms with van der Waals surface area (Å²) in [5.41, 5.74) is 6.99. The first kappa shape index (κ1) is 11.6. The van der Waals surface area contributed by atoms with Crippen LogP contribution in [0.4, 0.5) is 0 Å². The monoisotopic (exact) mass is 251 g/mol. The molecule has 0 spiro atoms. The van der Waals surface area contributed by atoms with Gasteiger partial charge in [0, 0.05) is 15.8 Å². The second kappa shape index (κ2) is 5.48. The Bertz CT molecular complexity index is 439. The smallest absolute Gasteiger partial charge is 0.0441 e. The van der Waals surface area contributed by atoms with Crippen molar-refractivity contribution in [1.29, 1.82) is 0 Å². The maximum absolute atomic E-state index is 6.19. The van der Waals surface area contributed by atoms with Gasteiger partial charge < -0.3 is 5.73 Å². The molecule has 1 aromatic carbocycles. The molecule has 0 saturated heterocycles. The number of nitrogens with two attached hydrogens (primary N) is 1. The van der Waals surface area contributed by atoms with E-state index in [9.17, 15) is 0 Å². The first-order chi connectivity index (χ1) is 7.81. The van der Waals surface area contributed by atoms with Crippen molar-refractivity contribution in [1.82, 2.24) is 0 Å². The molecule has 0 saturated carbocycles. The van der Waals surface area contributed by atoms with Gasteiger partial charge in [-0.25, -0.2) is 0 Å². The summed E-state index contributed by atoms with van der Waals surface area (Å²) >= 11 is 7.95. The number of thiophene rings is 1. The molecule has 1 aromatic heterocycles. The summed E-state index contributed by atoms with van der Waals surface area (Å²) < 4.78 is 0. The van der Waals surface area contributed by atoms with E-state index in [1.165, 1.54) is 4.88 Å². The molecule has 0 aliphatic rings. The Morgan fingerprint density at radius 2 is 2.00 bits per heavy atom. The molecule has 0 aliphatic heterocycles. The van der Waals surface area contributed by atoms with E-state index in [1.807, 2.05) is 18.2 Å². The molecule has 1 heterocycles. The van der Waals surface area contributed by atoms with Gasteiger partial charge in [-0.3, -0.25) is 0 Å². The fraction of sp³-hybridized carbons (Fsp3) is 0.231. The van der Waals surface area contributed by atoms with Crippen molar-refractivity contribution in [3.63, 3.8) is 0 Å². The lowest BCUT2D eigenvalue weighted by Gasteiger charge is -2.15. The van der Waals surface area contributed by atoms with Crippen molar-refractivity contribution in [2.24, 2.45) is 5.73 Å². The van der Waals surface area contributed by atoms with Gasteiger partial charge in [-0.05, 0) is 36.0 Å². The molecule has 2 N–H and O–H groups in total. The molecule has 2 rings (SSSR count). The van der Waals surface area contributed by atoms with Gasteiger partial charge in [0.25, 0.3) is 0 Å². The fourth-order valence-electron chi connectivity index (χ4n) is 1.80. The summed E-state index contributed by atoms with van der Waals surface area (Å²) in [4.78, 5) is 1.36. The van der Waals surface area contributed by atoms with E-state index in [2.05, 4.69) is 23.6 Å². The first-order valence-corrected chi connectivity index (χ1v) is 6.54. The quantitative estimate of drug-likeness (QED) is 0.881. The van der Waals surface area contributed by atoms with E-state index >= 15 is 0 Å². The Morgan fingerprint density at radius 1 is 1.19 bits per heavy atom. The molecular weight excluding hydrogens is 238 g/mol. The number of hydrogen-bond acceptors (Lipinski definition) is 2. The van der Waals surface area contributed by atoms with Crippen LogP contribution in [0, 0.1) is 0 Å². The second-order valence-electron chi connectivity index (χ2n) is 3.74. The summed E-state index contributed by atoms with van der Waals surface area (Å²) in [5, 5.41) is 2.91. The maximum atomic E-state index is 6.19. The van der Waals surface area contributed by atoms with Crippen LogP contribution in [0.3, 0.4) is 0 Å². The van der Waals surface area contributed by atoms with Crippen LogP contribution >= 0.6 is 22.9 Å². The lowest BCUT2D eigenvalue weighted by molar-refractivity contribution is 0.701. The molecule has 0 aliphatic carbocycles. The van der Waals surface area contributed by atoms with Crippen LogP contribution in [0.1, 0.15) is 16.4 Å². The van der Waals surface area contributed by atoms with Gasteiger partial charge >= 0.3 is 0 Å². The second-order valence-corrected chi connectivity index (χ2v) is 5.18. The zero-order chi connectivity index (χ0) is 11.4. The topological polar surface area (TPSA) is 26.0 Å². The van der Waals surface area contributed by atoms with Gasteiger partial charge in [0.1, 0.15) is 0 Å². The number of rotatable bonds is 4. The zero-order valence-electron chi connectivity index (χ0n) is 8.90. The predicted molar refractivity (Wildman–Crippen MR) is 71.3 cm³/mol. The minimum atomic E-state index is 0.312. The molecule has 3 heteroatoms. The Balaban J connectivity index is 2.20. The summed E-state index contributed by atoms with van der Waals surface area (Å²) in [7, 11) is 0. The lowest BCUT2D eigenvalue weighted by atomic mass is 9.95. The number of hydrogen-bond donors (Lipinski definition) is 1. The molecule has 0 radical (unpaired) electrons. The highest BCUT2D eigenvalue weighted by atomic mass is 35.5. The first-order valence-electron chi connectivity index (χ1n) is 5.28. The van der Waals surface area contributed by atoms with Gasteiger partial charge in [0.2, 0.25) is 0 Å².